The van der Waals surface area contributed by atoms with Gasteiger partial charge in [-0.05, 0) is 25.3 Å². The van der Waals surface area contributed by atoms with Gasteiger partial charge in [0, 0.05) is 18.5 Å². The maximum absolute atomic E-state index is 10.7. The quantitative estimate of drug-likeness (QED) is 0.783. The van der Waals surface area contributed by atoms with Gasteiger partial charge in [-0.25, -0.2) is 4.79 Å². The molecule has 1 aromatic rings. The lowest BCUT2D eigenvalue weighted by Gasteiger charge is -2.34. The van der Waals surface area contributed by atoms with Crippen LogP contribution in [-0.4, -0.2) is 29.4 Å². The summed E-state index contributed by atoms with van der Waals surface area (Å²) >= 11 is 0. The van der Waals surface area contributed by atoms with Gasteiger partial charge in [-0.15, -0.1) is 0 Å². The number of hydrogen-bond donors (Lipinski definition) is 3. The lowest BCUT2D eigenvalue weighted by atomic mass is 9.89. The van der Waals surface area contributed by atoms with Gasteiger partial charge in [0.15, 0.2) is 0 Å². The summed E-state index contributed by atoms with van der Waals surface area (Å²) in [6.07, 6.45) is 0.343. The highest BCUT2D eigenvalue weighted by Gasteiger charge is 2.31. The molecule has 1 saturated carbocycles. The molecule has 1 aliphatic carbocycles. The Labute approximate surface area is 119 Å². The molecule has 4 atom stereocenters. The summed E-state index contributed by atoms with van der Waals surface area (Å²) in [7, 11) is 0. The van der Waals surface area contributed by atoms with Crippen molar-refractivity contribution in [3.8, 4) is 0 Å². The van der Waals surface area contributed by atoms with E-state index in [4.69, 9.17) is 10.5 Å². The number of rotatable bonds is 4. The van der Waals surface area contributed by atoms with Crippen molar-refractivity contribution >= 4 is 6.09 Å². The minimum atomic E-state index is -0.772. The number of aliphatic hydroxyl groups is 1. The molecule has 5 heteroatoms. The second kappa shape index (κ2) is 6.72. The highest BCUT2D eigenvalue weighted by Crippen LogP contribution is 2.24. The Bertz CT molecular complexity index is 438. The summed E-state index contributed by atoms with van der Waals surface area (Å²) in [4.78, 5) is 10.7. The Kier molecular flexibility index (Phi) is 4.98. The summed E-state index contributed by atoms with van der Waals surface area (Å²) in [5, 5.41) is 13.6. The van der Waals surface area contributed by atoms with E-state index in [0.29, 0.717) is 6.42 Å². The molecule has 20 heavy (non-hydrogen) atoms. The van der Waals surface area contributed by atoms with Crippen LogP contribution in [0.15, 0.2) is 30.3 Å². The number of ether oxygens (including phenoxy) is 1. The van der Waals surface area contributed by atoms with Crippen molar-refractivity contribution in [3.05, 3.63) is 35.9 Å². The summed E-state index contributed by atoms with van der Waals surface area (Å²) in [5.41, 5.74) is 6.19. The first-order chi connectivity index (χ1) is 9.56. The average Bonchev–Trinajstić information content (AvgIpc) is 2.42. The van der Waals surface area contributed by atoms with Gasteiger partial charge in [0.25, 0.3) is 0 Å². The van der Waals surface area contributed by atoms with Crippen LogP contribution in [0.1, 0.15) is 37.8 Å². The largest absolute Gasteiger partial charge is 0.446 e. The summed E-state index contributed by atoms with van der Waals surface area (Å²) in [5.74, 6) is 0. The van der Waals surface area contributed by atoms with E-state index in [-0.39, 0.29) is 18.2 Å². The molecule has 0 heterocycles. The maximum Gasteiger partial charge on any atom is 0.404 e. The van der Waals surface area contributed by atoms with Crippen molar-refractivity contribution in [2.75, 3.05) is 0 Å². The number of benzene rings is 1. The molecule has 4 N–H and O–H groups in total. The second-order valence-corrected chi connectivity index (χ2v) is 5.34. The maximum atomic E-state index is 10.7. The number of carbonyl (C=O) groups excluding carboxylic acids is 1. The molecule has 0 unspecified atom stereocenters. The van der Waals surface area contributed by atoms with Crippen LogP contribution in [0.3, 0.4) is 0 Å². The van der Waals surface area contributed by atoms with E-state index >= 15 is 0 Å². The van der Waals surface area contributed by atoms with Crippen LogP contribution >= 0.6 is 0 Å². The number of nitrogens with two attached hydrogens (primary N) is 1. The van der Waals surface area contributed by atoms with Crippen LogP contribution in [0, 0.1) is 0 Å². The second-order valence-electron chi connectivity index (χ2n) is 5.34. The third kappa shape index (κ3) is 3.95. The number of carbonyl (C=O) groups is 1. The Morgan fingerprint density at radius 3 is 2.70 bits per heavy atom. The molecule has 110 valence electrons. The number of amides is 1. The van der Waals surface area contributed by atoms with Crippen LogP contribution in [-0.2, 0) is 4.74 Å². The van der Waals surface area contributed by atoms with Gasteiger partial charge in [0.2, 0.25) is 0 Å². The van der Waals surface area contributed by atoms with E-state index < -0.39 is 12.2 Å². The van der Waals surface area contributed by atoms with Gasteiger partial charge in [-0.1, -0.05) is 30.3 Å². The Hall–Kier alpha value is -1.59. The smallest absolute Gasteiger partial charge is 0.404 e. The number of aliphatic hydroxyl groups excluding tert-OH is 1. The molecular weight excluding hydrogens is 256 g/mol. The third-order valence-corrected chi connectivity index (χ3v) is 3.81. The first kappa shape index (κ1) is 14.8. The van der Waals surface area contributed by atoms with E-state index in [9.17, 15) is 9.90 Å². The molecule has 1 amide bonds. The Balaban J connectivity index is 1.87. The number of primary amides is 1. The molecule has 5 nitrogen and oxygen atoms in total. The Morgan fingerprint density at radius 2 is 2.10 bits per heavy atom. The highest BCUT2D eigenvalue weighted by atomic mass is 16.6. The lowest BCUT2D eigenvalue weighted by molar-refractivity contribution is 0.00538. The molecule has 0 aromatic heterocycles. The molecule has 0 bridgehead atoms. The van der Waals surface area contributed by atoms with E-state index in [0.717, 1.165) is 12.8 Å². The zero-order chi connectivity index (χ0) is 14.5. The number of nitrogens with one attached hydrogen (secondary N) is 1. The molecule has 0 spiro atoms. The normalized spacial score (nSPS) is 27.8. The van der Waals surface area contributed by atoms with E-state index in [1.54, 1.807) is 0 Å². The molecule has 1 aromatic carbocycles. The van der Waals surface area contributed by atoms with Crippen LogP contribution in [0.25, 0.3) is 0 Å². The topological polar surface area (TPSA) is 84.6 Å². The molecule has 1 aliphatic rings. The summed E-state index contributed by atoms with van der Waals surface area (Å²) in [6.45, 7) is 2.08. The fourth-order valence-electron chi connectivity index (χ4n) is 2.73. The predicted molar refractivity (Wildman–Crippen MR) is 76.1 cm³/mol. The molecule has 0 aliphatic heterocycles. The Morgan fingerprint density at radius 1 is 1.40 bits per heavy atom. The fraction of sp³-hybridized carbons (Fsp3) is 0.533. The lowest BCUT2D eigenvalue weighted by Crippen LogP contribution is -2.47. The molecule has 0 radical (unpaired) electrons. The zero-order valence-electron chi connectivity index (χ0n) is 11.7. The minimum absolute atomic E-state index is 0.0120. The van der Waals surface area contributed by atoms with Crippen LogP contribution in [0.5, 0.6) is 0 Å². The first-order valence-electron chi connectivity index (χ1n) is 7.01. The molecular formula is C15H22N2O3. The third-order valence-electron chi connectivity index (χ3n) is 3.81. The van der Waals surface area contributed by atoms with E-state index in [2.05, 4.69) is 24.4 Å². The van der Waals surface area contributed by atoms with Crippen molar-refractivity contribution in [1.29, 1.82) is 0 Å². The van der Waals surface area contributed by atoms with Crippen LogP contribution < -0.4 is 11.1 Å². The van der Waals surface area contributed by atoms with E-state index in [1.807, 2.05) is 18.2 Å². The van der Waals surface area contributed by atoms with Gasteiger partial charge in [0.05, 0.1) is 6.10 Å². The van der Waals surface area contributed by atoms with Crippen LogP contribution in [0.2, 0.25) is 0 Å². The number of hydrogen-bond acceptors (Lipinski definition) is 4. The first-order valence-corrected chi connectivity index (χ1v) is 7.01. The van der Waals surface area contributed by atoms with Crippen molar-refractivity contribution in [2.45, 2.75) is 50.5 Å². The van der Waals surface area contributed by atoms with Crippen molar-refractivity contribution in [2.24, 2.45) is 5.73 Å². The van der Waals surface area contributed by atoms with Crippen molar-refractivity contribution in [1.82, 2.24) is 5.32 Å². The van der Waals surface area contributed by atoms with Gasteiger partial charge in [-0.2, -0.15) is 0 Å². The molecule has 0 saturated heterocycles. The predicted octanol–water partition coefficient (Wildman–Crippen LogP) is 1.71. The SMILES string of the molecule is C[C@H](N[C@@H]1CC[C@@H](OC(N)=O)C[C@H]1O)c1ccccc1. The minimum Gasteiger partial charge on any atom is -0.446 e. The molecule has 1 fully saturated rings. The standard InChI is InChI=1S/C15H22N2O3/c1-10(11-5-3-2-4-6-11)17-13-8-7-12(9-14(13)18)20-15(16)19/h2-6,10,12-14,17-18H,7-9H2,1H3,(H2,16,19)/t10-,12+,13+,14+/m0/s1. The van der Waals surface area contributed by atoms with Gasteiger partial charge >= 0.3 is 6.09 Å². The monoisotopic (exact) mass is 278 g/mol. The highest BCUT2D eigenvalue weighted by molar-refractivity contribution is 5.64. The van der Waals surface area contributed by atoms with Gasteiger partial charge < -0.3 is 20.9 Å². The van der Waals surface area contributed by atoms with Gasteiger partial charge in [0.1, 0.15) is 6.10 Å². The average molecular weight is 278 g/mol. The van der Waals surface area contributed by atoms with Crippen molar-refractivity contribution in [3.63, 3.8) is 0 Å². The fourth-order valence-corrected chi connectivity index (χ4v) is 2.73. The van der Waals surface area contributed by atoms with Crippen LogP contribution in [0.4, 0.5) is 4.79 Å². The van der Waals surface area contributed by atoms with E-state index in [1.165, 1.54) is 5.56 Å². The zero-order valence-corrected chi connectivity index (χ0v) is 11.7. The van der Waals surface area contributed by atoms with Gasteiger partial charge in [-0.3, -0.25) is 0 Å². The van der Waals surface area contributed by atoms with Crippen molar-refractivity contribution < 1.29 is 14.6 Å². The molecule has 2 rings (SSSR count). The summed E-state index contributed by atoms with van der Waals surface area (Å²) in [6, 6.07) is 10.3. The summed E-state index contributed by atoms with van der Waals surface area (Å²) < 4.78 is 4.95.